The molecule has 0 heterocycles. The van der Waals surface area contributed by atoms with E-state index in [4.69, 9.17) is 0 Å². The molecular formula is C66H41N. The van der Waals surface area contributed by atoms with Gasteiger partial charge >= 0.3 is 0 Å². The van der Waals surface area contributed by atoms with Crippen molar-refractivity contribution in [2.75, 3.05) is 4.90 Å². The number of rotatable bonds is 5. The summed E-state index contributed by atoms with van der Waals surface area (Å²) in [6, 6.07) is 92.1. The van der Waals surface area contributed by atoms with Gasteiger partial charge in [-0.2, -0.15) is 0 Å². The molecular weight excluding hydrogens is 807 g/mol. The number of hydrogen-bond donors (Lipinski definition) is 0. The normalized spacial score (nSPS) is 11.9. The summed E-state index contributed by atoms with van der Waals surface area (Å²) in [6.07, 6.45) is 0. The molecule has 14 aromatic rings. The van der Waals surface area contributed by atoms with Gasteiger partial charge < -0.3 is 4.90 Å². The van der Waals surface area contributed by atoms with E-state index in [0.717, 1.165) is 17.1 Å². The van der Waals surface area contributed by atoms with Crippen LogP contribution in [-0.2, 0) is 0 Å². The van der Waals surface area contributed by atoms with Crippen LogP contribution in [0.3, 0.4) is 0 Å². The van der Waals surface area contributed by atoms with E-state index in [2.05, 4.69) is 254 Å². The number of nitrogens with zero attached hydrogens (tertiary/aromatic N) is 1. The van der Waals surface area contributed by atoms with Crippen molar-refractivity contribution >= 4 is 114 Å². The molecule has 0 aliphatic rings. The predicted molar refractivity (Wildman–Crippen MR) is 290 cm³/mol. The Morgan fingerprint density at radius 3 is 0.657 bits per heavy atom. The highest BCUT2D eigenvalue weighted by atomic mass is 15.1. The van der Waals surface area contributed by atoms with Crippen LogP contribution in [-0.4, -0.2) is 0 Å². The maximum absolute atomic E-state index is 2.41. The molecule has 14 rings (SSSR count). The Morgan fingerprint density at radius 1 is 0.149 bits per heavy atom. The van der Waals surface area contributed by atoms with Gasteiger partial charge in [0.15, 0.2) is 0 Å². The van der Waals surface area contributed by atoms with Crippen molar-refractivity contribution < 1.29 is 0 Å². The second-order valence-electron chi connectivity index (χ2n) is 18.0. The predicted octanol–water partition coefficient (Wildman–Crippen LogP) is 18.9. The Kier molecular flexibility index (Phi) is 8.35. The minimum atomic E-state index is 1.10. The standard InChI is InChI=1S/C66H41N/c1-4-19-55-49(13-1)52-16-7-10-22-58(52)64-39-44(29-36-61(55)64)42-25-31-46(32-26-42)67(48-35-38-63-57-21-6-3-15-51(57)54-18-9-12-24-60(54)66(63)41-48)47-33-27-43(28-34-47)45-30-37-62-56-20-5-2-14-50(56)53-17-8-11-23-59(53)65(62)40-45/h1-41H. The molecule has 0 unspecified atom stereocenters. The fourth-order valence-electron chi connectivity index (χ4n) is 11.3. The first-order chi connectivity index (χ1) is 33.2. The van der Waals surface area contributed by atoms with Gasteiger partial charge in [-0.3, -0.25) is 0 Å². The second kappa shape index (κ2) is 14.9. The van der Waals surface area contributed by atoms with Crippen LogP contribution in [0.5, 0.6) is 0 Å². The van der Waals surface area contributed by atoms with Crippen molar-refractivity contribution in [3.63, 3.8) is 0 Å². The number of hydrogen-bond acceptors (Lipinski definition) is 1. The van der Waals surface area contributed by atoms with E-state index < -0.39 is 0 Å². The number of benzene rings is 14. The molecule has 310 valence electrons. The molecule has 0 fully saturated rings. The van der Waals surface area contributed by atoms with Gasteiger partial charge in [0.1, 0.15) is 0 Å². The number of fused-ring (bicyclic) bond motifs is 18. The molecule has 1 heteroatoms. The average molecular weight is 848 g/mol. The van der Waals surface area contributed by atoms with E-state index in [-0.39, 0.29) is 0 Å². The van der Waals surface area contributed by atoms with Gasteiger partial charge in [-0.05, 0) is 168 Å². The summed E-state index contributed by atoms with van der Waals surface area (Å²) < 4.78 is 0. The van der Waals surface area contributed by atoms with Gasteiger partial charge in [0.2, 0.25) is 0 Å². The summed E-state index contributed by atoms with van der Waals surface area (Å²) >= 11 is 0. The first kappa shape index (κ1) is 37.6. The maximum Gasteiger partial charge on any atom is 0.0468 e. The molecule has 0 radical (unpaired) electrons. The van der Waals surface area contributed by atoms with Crippen LogP contribution >= 0.6 is 0 Å². The SMILES string of the molecule is c1ccc2c(c1)c1ccccc1c1cc(-c3ccc(N(c4ccc(-c5ccc6c7ccccc7c7ccccc7c6c5)cc4)c4ccc5c6ccccc6c6ccccc6c5c4)cc3)ccc21. The van der Waals surface area contributed by atoms with E-state index in [1.807, 2.05) is 0 Å². The summed E-state index contributed by atoms with van der Waals surface area (Å²) in [5.74, 6) is 0. The summed E-state index contributed by atoms with van der Waals surface area (Å²) in [5.41, 5.74) is 8.09. The molecule has 0 aromatic heterocycles. The summed E-state index contributed by atoms with van der Waals surface area (Å²) in [7, 11) is 0. The highest BCUT2D eigenvalue weighted by molar-refractivity contribution is 6.28. The Hall–Kier alpha value is -8.78. The lowest BCUT2D eigenvalue weighted by molar-refractivity contribution is 1.29. The molecule has 0 bridgehead atoms. The van der Waals surface area contributed by atoms with Gasteiger partial charge in [-0.1, -0.05) is 200 Å². The van der Waals surface area contributed by atoms with Gasteiger partial charge in [-0.25, -0.2) is 0 Å². The van der Waals surface area contributed by atoms with E-state index in [1.54, 1.807) is 0 Å². The molecule has 1 nitrogen and oxygen atoms in total. The Balaban J connectivity index is 0.912. The van der Waals surface area contributed by atoms with Gasteiger partial charge in [0.25, 0.3) is 0 Å². The smallest absolute Gasteiger partial charge is 0.0468 e. The minimum absolute atomic E-state index is 1.10. The lowest BCUT2D eigenvalue weighted by Crippen LogP contribution is -2.10. The molecule has 0 spiro atoms. The van der Waals surface area contributed by atoms with E-state index >= 15 is 0 Å². The molecule has 0 atom stereocenters. The van der Waals surface area contributed by atoms with Crippen LogP contribution in [0, 0.1) is 0 Å². The molecule has 0 saturated heterocycles. The summed E-state index contributed by atoms with van der Waals surface area (Å²) in [6.45, 7) is 0. The molecule has 67 heavy (non-hydrogen) atoms. The van der Waals surface area contributed by atoms with Gasteiger partial charge in [0, 0.05) is 17.1 Å². The molecule has 0 aliphatic heterocycles. The van der Waals surface area contributed by atoms with Crippen LogP contribution in [0.15, 0.2) is 249 Å². The fraction of sp³-hybridized carbons (Fsp3) is 0. The lowest BCUT2D eigenvalue weighted by Gasteiger charge is -2.27. The Morgan fingerprint density at radius 2 is 0.358 bits per heavy atom. The topological polar surface area (TPSA) is 3.24 Å². The van der Waals surface area contributed by atoms with Crippen molar-refractivity contribution in [1.82, 2.24) is 0 Å². The van der Waals surface area contributed by atoms with E-state index in [1.165, 1.54) is 119 Å². The molecule has 0 N–H and O–H groups in total. The zero-order valence-corrected chi connectivity index (χ0v) is 36.6. The fourth-order valence-corrected chi connectivity index (χ4v) is 11.3. The van der Waals surface area contributed by atoms with E-state index in [9.17, 15) is 0 Å². The first-order valence-corrected chi connectivity index (χ1v) is 23.2. The van der Waals surface area contributed by atoms with Crippen LogP contribution in [0.2, 0.25) is 0 Å². The van der Waals surface area contributed by atoms with Crippen LogP contribution in [0.1, 0.15) is 0 Å². The van der Waals surface area contributed by atoms with Crippen molar-refractivity contribution in [2.45, 2.75) is 0 Å². The van der Waals surface area contributed by atoms with Crippen molar-refractivity contribution in [3.8, 4) is 22.3 Å². The second-order valence-corrected chi connectivity index (χ2v) is 18.0. The average Bonchev–Trinajstić information content (AvgIpc) is 3.41. The quantitative estimate of drug-likeness (QED) is 0.156. The highest BCUT2D eigenvalue weighted by Gasteiger charge is 2.18. The summed E-state index contributed by atoms with van der Waals surface area (Å²) in [4.78, 5) is 2.41. The third-order valence-corrected chi connectivity index (χ3v) is 14.4. The largest absolute Gasteiger partial charge is 0.310 e. The minimum Gasteiger partial charge on any atom is -0.310 e. The first-order valence-electron chi connectivity index (χ1n) is 23.2. The molecule has 0 aliphatic carbocycles. The zero-order chi connectivity index (χ0) is 44.0. The molecule has 14 aromatic carbocycles. The van der Waals surface area contributed by atoms with Crippen molar-refractivity contribution in [2.24, 2.45) is 0 Å². The Bertz CT molecular complexity index is 4010. The van der Waals surface area contributed by atoms with Gasteiger partial charge in [0.05, 0.1) is 0 Å². The molecule has 0 saturated carbocycles. The monoisotopic (exact) mass is 847 g/mol. The lowest BCUT2D eigenvalue weighted by atomic mass is 9.92. The zero-order valence-electron chi connectivity index (χ0n) is 36.6. The number of anilines is 3. The van der Waals surface area contributed by atoms with Crippen molar-refractivity contribution in [3.05, 3.63) is 249 Å². The van der Waals surface area contributed by atoms with Crippen molar-refractivity contribution in [1.29, 1.82) is 0 Å². The van der Waals surface area contributed by atoms with Crippen LogP contribution in [0.25, 0.3) is 119 Å². The van der Waals surface area contributed by atoms with Crippen LogP contribution < -0.4 is 4.90 Å². The third kappa shape index (κ3) is 5.88. The van der Waals surface area contributed by atoms with E-state index in [0.29, 0.717) is 0 Å². The maximum atomic E-state index is 2.41. The molecule has 0 amide bonds. The van der Waals surface area contributed by atoms with Crippen LogP contribution in [0.4, 0.5) is 17.1 Å². The highest BCUT2D eigenvalue weighted by Crippen LogP contribution is 2.44. The summed E-state index contributed by atoms with van der Waals surface area (Å²) in [5, 5.41) is 23.0. The third-order valence-electron chi connectivity index (χ3n) is 14.4. The van der Waals surface area contributed by atoms with Gasteiger partial charge in [-0.15, -0.1) is 0 Å². The Labute approximate surface area is 388 Å².